The van der Waals surface area contributed by atoms with Crippen LogP contribution in [-0.4, -0.2) is 45.3 Å². The lowest BCUT2D eigenvalue weighted by Crippen LogP contribution is -2.29. The van der Waals surface area contributed by atoms with E-state index in [2.05, 4.69) is 21.0 Å². The number of H-pyrrole nitrogens is 1. The van der Waals surface area contributed by atoms with Gasteiger partial charge in [0.25, 0.3) is 10.0 Å². The highest BCUT2D eigenvalue weighted by atomic mass is 32.2. The maximum absolute atomic E-state index is 12.6. The van der Waals surface area contributed by atoms with Gasteiger partial charge in [0, 0.05) is 44.1 Å². The predicted octanol–water partition coefficient (Wildman–Crippen LogP) is 1.55. The van der Waals surface area contributed by atoms with Gasteiger partial charge in [-0.25, -0.2) is 18.4 Å². The van der Waals surface area contributed by atoms with E-state index in [1.165, 1.54) is 6.33 Å². The van der Waals surface area contributed by atoms with E-state index < -0.39 is 10.0 Å². The predicted molar refractivity (Wildman–Crippen MR) is 89.9 cm³/mol. The van der Waals surface area contributed by atoms with Crippen molar-refractivity contribution in [2.24, 2.45) is 13.0 Å². The van der Waals surface area contributed by atoms with Crippen molar-refractivity contribution in [2.75, 3.05) is 13.1 Å². The molecular weight excluding hydrogens is 326 g/mol. The lowest BCUT2D eigenvalue weighted by Gasteiger charge is -2.15. The Hall–Kier alpha value is -2.19. The third kappa shape index (κ3) is 2.71. The summed E-state index contributed by atoms with van der Waals surface area (Å²) >= 11 is 0. The molecule has 8 heteroatoms. The largest absolute Gasteiger partial charge is 0.346 e. The van der Waals surface area contributed by atoms with Gasteiger partial charge in [0.2, 0.25) is 0 Å². The van der Waals surface area contributed by atoms with Gasteiger partial charge in [0.05, 0.1) is 6.33 Å². The first kappa shape index (κ1) is 15.3. The van der Waals surface area contributed by atoms with Crippen molar-refractivity contribution in [1.29, 1.82) is 0 Å². The average Bonchev–Trinajstić information content (AvgIpc) is 3.27. The van der Waals surface area contributed by atoms with Crippen LogP contribution < -0.4 is 0 Å². The van der Waals surface area contributed by atoms with Crippen LogP contribution in [0.4, 0.5) is 0 Å². The summed E-state index contributed by atoms with van der Waals surface area (Å²) in [4.78, 5) is 11.5. The molecule has 0 amide bonds. The van der Waals surface area contributed by atoms with Crippen LogP contribution in [0.25, 0.3) is 11.0 Å². The second kappa shape index (κ2) is 5.71. The van der Waals surface area contributed by atoms with E-state index in [0.717, 1.165) is 29.4 Å². The van der Waals surface area contributed by atoms with Gasteiger partial charge in [-0.3, -0.25) is 0 Å². The summed E-state index contributed by atoms with van der Waals surface area (Å²) in [7, 11) is -1.72. The monoisotopic (exact) mass is 345 g/mol. The molecule has 1 saturated heterocycles. The van der Waals surface area contributed by atoms with Crippen molar-refractivity contribution in [3.8, 4) is 0 Å². The summed E-state index contributed by atoms with van der Waals surface area (Å²) < 4.78 is 28.4. The Morgan fingerprint density at radius 2 is 2.25 bits per heavy atom. The molecule has 7 nitrogen and oxygen atoms in total. The van der Waals surface area contributed by atoms with Crippen molar-refractivity contribution in [2.45, 2.75) is 17.9 Å². The van der Waals surface area contributed by atoms with Crippen LogP contribution in [0.3, 0.4) is 0 Å². The molecule has 0 aliphatic carbocycles. The molecule has 1 N–H and O–H groups in total. The Morgan fingerprint density at radius 1 is 1.38 bits per heavy atom. The molecule has 4 heterocycles. The van der Waals surface area contributed by atoms with Crippen molar-refractivity contribution >= 4 is 21.1 Å². The molecule has 0 radical (unpaired) electrons. The van der Waals surface area contributed by atoms with Crippen molar-refractivity contribution < 1.29 is 8.42 Å². The molecule has 4 rings (SSSR count). The molecule has 126 valence electrons. The van der Waals surface area contributed by atoms with Crippen LogP contribution in [0.15, 0.2) is 42.1 Å². The fourth-order valence-corrected chi connectivity index (χ4v) is 4.76. The Morgan fingerprint density at radius 3 is 3.04 bits per heavy atom. The van der Waals surface area contributed by atoms with Crippen LogP contribution in [0.2, 0.25) is 0 Å². The van der Waals surface area contributed by atoms with E-state index in [1.54, 1.807) is 22.1 Å². The topological polar surface area (TPSA) is 83.9 Å². The minimum atomic E-state index is -3.49. The highest BCUT2D eigenvalue weighted by Crippen LogP contribution is 2.26. The lowest BCUT2D eigenvalue weighted by molar-refractivity contribution is 0.454. The number of aryl methyl sites for hydroxylation is 1. The second-order valence-corrected chi connectivity index (χ2v) is 8.24. The zero-order valence-corrected chi connectivity index (χ0v) is 14.2. The Kier molecular flexibility index (Phi) is 3.65. The first-order chi connectivity index (χ1) is 11.5. The second-order valence-electron chi connectivity index (χ2n) is 6.36. The molecule has 0 spiro atoms. The standard InChI is InChI=1S/C16H19N5O2S/c1-20-10-15(19-11-20)24(22,23)21-5-3-12(9-21)6-13-7-14-2-4-17-16(14)18-8-13/h2,4,7-8,10-12H,3,5-6,9H2,1H3,(H,17,18). The third-order valence-corrected chi connectivity index (χ3v) is 6.27. The number of aromatic nitrogens is 4. The Balaban J connectivity index is 1.48. The minimum Gasteiger partial charge on any atom is -0.346 e. The molecule has 1 unspecified atom stereocenters. The fourth-order valence-electron chi connectivity index (χ4n) is 3.27. The van der Waals surface area contributed by atoms with Gasteiger partial charge in [-0.2, -0.15) is 4.31 Å². The maximum atomic E-state index is 12.6. The number of sulfonamides is 1. The zero-order valence-electron chi connectivity index (χ0n) is 13.4. The van der Waals surface area contributed by atoms with Crippen LogP contribution in [0.1, 0.15) is 12.0 Å². The van der Waals surface area contributed by atoms with Crippen LogP contribution in [-0.2, 0) is 23.5 Å². The quantitative estimate of drug-likeness (QED) is 0.777. The number of nitrogens with zero attached hydrogens (tertiary/aromatic N) is 4. The van der Waals surface area contributed by atoms with E-state index in [-0.39, 0.29) is 5.03 Å². The van der Waals surface area contributed by atoms with Crippen molar-refractivity contribution in [3.63, 3.8) is 0 Å². The Bertz CT molecular complexity index is 975. The summed E-state index contributed by atoms with van der Waals surface area (Å²) in [5, 5.41) is 1.21. The summed E-state index contributed by atoms with van der Waals surface area (Å²) in [6.07, 6.45) is 8.50. The Labute approximate surface area is 140 Å². The number of hydrogen-bond acceptors (Lipinski definition) is 4. The molecule has 24 heavy (non-hydrogen) atoms. The maximum Gasteiger partial charge on any atom is 0.262 e. The number of hydrogen-bond donors (Lipinski definition) is 1. The van der Waals surface area contributed by atoms with E-state index in [9.17, 15) is 8.42 Å². The average molecular weight is 345 g/mol. The smallest absolute Gasteiger partial charge is 0.262 e. The first-order valence-electron chi connectivity index (χ1n) is 7.92. The number of aromatic amines is 1. The minimum absolute atomic E-state index is 0.126. The lowest BCUT2D eigenvalue weighted by atomic mass is 9.99. The fraction of sp³-hybridized carbons (Fsp3) is 0.375. The number of pyridine rings is 1. The van der Waals surface area contributed by atoms with Gasteiger partial charge in [0.15, 0.2) is 5.03 Å². The molecule has 0 bridgehead atoms. The van der Waals surface area contributed by atoms with Gasteiger partial charge in [-0.15, -0.1) is 0 Å². The SMILES string of the molecule is Cn1cnc(S(=O)(=O)N2CCC(Cc3cnc4[nH]ccc4c3)C2)c1. The van der Waals surface area contributed by atoms with Crippen LogP contribution in [0, 0.1) is 5.92 Å². The van der Waals surface area contributed by atoms with E-state index in [4.69, 9.17) is 0 Å². The normalized spacial score (nSPS) is 19.3. The van der Waals surface area contributed by atoms with Crippen molar-refractivity contribution in [3.05, 3.63) is 42.6 Å². The zero-order chi connectivity index (χ0) is 16.7. The molecule has 1 atom stereocenters. The van der Waals surface area contributed by atoms with Crippen molar-refractivity contribution in [1.82, 2.24) is 23.8 Å². The molecule has 3 aromatic heterocycles. The van der Waals surface area contributed by atoms with E-state index in [1.807, 2.05) is 18.5 Å². The molecule has 1 aliphatic rings. The van der Waals surface area contributed by atoms with Gasteiger partial charge >= 0.3 is 0 Å². The summed E-state index contributed by atoms with van der Waals surface area (Å²) in [5.41, 5.74) is 2.02. The first-order valence-corrected chi connectivity index (χ1v) is 9.36. The summed E-state index contributed by atoms with van der Waals surface area (Å²) in [6, 6.07) is 4.12. The van der Waals surface area contributed by atoms with Gasteiger partial charge in [0.1, 0.15) is 5.65 Å². The van der Waals surface area contributed by atoms with E-state index >= 15 is 0 Å². The number of rotatable bonds is 4. The summed E-state index contributed by atoms with van der Waals surface area (Å²) in [5.74, 6) is 0.307. The highest BCUT2D eigenvalue weighted by Gasteiger charge is 2.33. The number of nitrogens with one attached hydrogen (secondary N) is 1. The molecule has 1 fully saturated rings. The van der Waals surface area contributed by atoms with Gasteiger partial charge in [-0.1, -0.05) is 0 Å². The third-order valence-electron chi connectivity index (χ3n) is 4.52. The van der Waals surface area contributed by atoms with E-state index in [0.29, 0.717) is 19.0 Å². The molecule has 0 saturated carbocycles. The molecule has 3 aromatic rings. The highest BCUT2D eigenvalue weighted by molar-refractivity contribution is 7.89. The van der Waals surface area contributed by atoms with Crippen LogP contribution in [0.5, 0.6) is 0 Å². The molecule has 1 aliphatic heterocycles. The van der Waals surface area contributed by atoms with Crippen LogP contribution >= 0.6 is 0 Å². The number of imidazole rings is 1. The van der Waals surface area contributed by atoms with Gasteiger partial charge < -0.3 is 9.55 Å². The molecule has 0 aromatic carbocycles. The summed E-state index contributed by atoms with van der Waals surface area (Å²) in [6.45, 7) is 1.08. The number of fused-ring (bicyclic) bond motifs is 1. The molecular formula is C16H19N5O2S. The van der Waals surface area contributed by atoms with Gasteiger partial charge in [-0.05, 0) is 36.5 Å².